The van der Waals surface area contributed by atoms with Crippen LogP contribution in [0.15, 0.2) is 46.6 Å². The van der Waals surface area contributed by atoms with E-state index in [-0.39, 0.29) is 0 Å². The lowest BCUT2D eigenvalue weighted by Crippen LogP contribution is -2.11. The highest BCUT2D eigenvalue weighted by Crippen LogP contribution is 2.15. The van der Waals surface area contributed by atoms with Gasteiger partial charge in [0.25, 0.3) is 0 Å². The lowest BCUT2D eigenvalue weighted by Gasteiger charge is -2.16. The average Bonchev–Trinajstić information content (AvgIpc) is 2.42. The van der Waals surface area contributed by atoms with Crippen LogP contribution in [-0.4, -0.2) is 14.0 Å². The van der Waals surface area contributed by atoms with E-state index in [2.05, 4.69) is 52.8 Å². The van der Waals surface area contributed by atoms with E-state index in [1.807, 2.05) is 13.0 Å². The summed E-state index contributed by atoms with van der Waals surface area (Å²) < 4.78 is 22.9. The smallest absolute Gasteiger partial charge is 0.0432 e. The van der Waals surface area contributed by atoms with Crippen molar-refractivity contribution in [2.24, 2.45) is 0 Å². The first-order valence-corrected chi connectivity index (χ1v) is 9.54. The van der Waals surface area contributed by atoms with Gasteiger partial charge in [-0.15, -0.1) is 0 Å². The van der Waals surface area contributed by atoms with Crippen molar-refractivity contribution in [3.05, 3.63) is 46.6 Å². The fourth-order valence-electron chi connectivity index (χ4n) is 2.20. The molecular formula is C20H33O2S-. The molecular weight excluding hydrogens is 304 g/mol. The van der Waals surface area contributed by atoms with Crippen molar-refractivity contribution in [1.29, 1.82) is 0 Å². The van der Waals surface area contributed by atoms with Crippen molar-refractivity contribution in [1.82, 2.24) is 0 Å². The SMILES string of the molecule is CC(C)=CCCC(C)=CCC(C=C(C)CCC=C(C)C)S(=O)[O-]. The Hall–Kier alpha value is -0.930. The third-order valence-corrected chi connectivity index (χ3v) is 4.42. The molecule has 3 heteroatoms. The molecule has 0 spiro atoms. The Kier molecular flexibility index (Phi) is 12.0. The van der Waals surface area contributed by atoms with E-state index in [9.17, 15) is 8.76 Å². The lowest BCUT2D eigenvalue weighted by molar-refractivity contribution is 0.529. The summed E-state index contributed by atoms with van der Waals surface area (Å²) in [5.74, 6) is 0. The predicted molar refractivity (Wildman–Crippen MR) is 102 cm³/mol. The van der Waals surface area contributed by atoms with Gasteiger partial charge < -0.3 is 4.55 Å². The molecule has 0 aliphatic carbocycles. The van der Waals surface area contributed by atoms with Crippen LogP contribution in [0.1, 0.15) is 73.6 Å². The van der Waals surface area contributed by atoms with Crippen molar-refractivity contribution in [2.75, 3.05) is 0 Å². The van der Waals surface area contributed by atoms with Gasteiger partial charge >= 0.3 is 0 Å². The van der Waals surface area contributed by atoms with E-state index in [0.717, 1.165) is 31.3 Å². The molecule has 2 nitrogen and oxygen atoms in total. The lowest BCUT2D eigenvalue weighted by atomic mass is 10.1. The summed E-state index contributed by atoms with van der Waals surface area (Å²) in [6.45, 7) is 12.4. The first kappa shape index (κ1) is 22.1. The van der Waals surface area contributed by atoms with Crippen LogP contribution in [-0.2, 0) is 11.1 Å². The first-order chi connectivity index (χ1) is 10.7. The normalized spacial score (nSPS) is 15.1. The predicted octanol–water partition coefficient (Wildman–Crippen LogP) is 6.01. The summed E-state index contributed by atoms with van der Waals surface area (Å²) in [5.41, 5.74) is 5.03. The molecule has 0 aromatic heterocycles. The van der Waals surface area contributed by atoms with Crippen molar-refractivity contribution in [3.63, 3.8) is 0 Å². The minimum absolute atomic E-state index is 0.417. The van der Waals surface area contributed by atoms with Gasteiger partial charge in [-0.1, -0.05) is 46.6 Å². The van der Waals surface area contributed by atoms with Crippen LogP contribution in [0.4, 0.5) is 0 Å². The molecule has 2 atom stereocenters. The Balaban J connectivity index is 4.59. The van der Waals surface area contributed by atoms with E-state index < -0.39 is 16.3 Å². The summed E-state index contributed by atoms with van der Waals surface area (Å²) in [4.78, 5) is 0. The highest BCUT2D eigenvalue weighted by molar-refractivity contribution is 7.80. The summed E-state index contributed by atoms with van der Waals surface area (Å²) in [5, 5.41) is -0.417. The van der Waals surface area contributed by atoms with E-state index >= 15 is 0 Å². The zero-order valence-electron chi connectivity index (χ0n) is 15.6. The van der Waals surface area contributed by atoms with Gasteiger partial charge in [0, 0.05) is 5.25 Å². The molecule has 0 saturated carbocycles. The van der Waals surface area contributed by atoms with Gasteiger partial charge in [-0.3, -0.25) is 4.21 Å². The molecule has 0 aromatic rings. The van der Waals surface area contributed by atoms with Crippen LogP contribution in [0, 0.1) is 0 Å². The Morgan fingerprint density at radius 3 is 1.78 bits per heavy atom. The van der Waals surface area contributed by atoms with Crippen LogP contribution in [0.5, 0.6) is 0 Å². The highest BCUT2D eigenvalue weighted by atomic mass is 32.2. The molecule has 23 heavy (non-hydrogen) atoms. The summed E-state index contributed by atoms with van der Waals surface area (Å²) in [6, 6.07) is 0. The average molecular weight is 338 g/mol. The Bertz CT molecular complexity index is 488. The van der Waals surface area contributed by atoms with Gasteiger partial charge in [-0.05, 0) is 84.7 Å². The first-order valence-electron chi connectivity index (χ1n) is 8.40. The molecule has 0 aliphatic heterocycles. The second-order valence-corrected chi connectivity index (χ2v) is 7.86. The maximum Gasteiger partial charge on any atom is 0.0432 e. The van der Waals surface area contributed by atoms with Gasteiger partial charge in [0.15, 0.2) is 0 Å². The number of hydrogen-bond donors (Lipinski definition) is 0. The second kappa shape index (κ2) is 12.5. The van der Waals surface area contributed by atoms with Crippen molar-refractivity contribution < 1.29 is 8.76 Å². The molecule has 0 amide bonds. The molecule has 2 unspecified atom stereocenters. The maximum absolute atomic E-state index is 11.4. The molecule has 132 valence electrons. The number of hydrogen-bond acceptors (Lipinski definition) is 2. The molecule has 0 bridgehead atoms. The minimum Gasteiger partial charge on any atom is -0.772 e. The number of allylic oxidation sites excluding steroid dienone is 7. The van der Waals surface area contributed by atoms with E-state index in [1.165, 1.54) is 16.7 Å². The fraction of sp³-hybridized carbons (Fsp3) is 0.600. The molecule has 0 radical (unpaired) electrons. The summed E-state index contributed by atoms with van der Waals surface area (Å²) in [6.07, 6.45) is 12.8. The van der Waals surface area contributed by atoms with E-state index in [4.69, 9.17) is 0 Å². The second-order valence-electron chi connectivity index (χ2n) is 6.74. The fourth-order valence-corrected chi connectivity index (χ4v) is 2.80. The standard InChI is InChI=1S/C20H34O2S/c1-16(2)9-7-11-18(5)13-14-20(23(21)22)15-19(6)12-8-10-17(3)4/h9-10,13,15,20H,7-8,11-12,14H2,1-6H3,(H,21,22)/p-1. The molecule has 0 heterocycles. The summed E-state index contributed by atoms with van der Waals surface area (Å²) in [7, 11) is 0. The quantitative estimate of drug-likeness (QED) is 0.362. The maximum atomic E-state index is 11.4. The highest BCUT2D eigenvalue weighted by Gasteiger charge is 2.05. The van der Waals surface area contributed by atoms with Crippen LogP contribution in [0.2, 0.25) is 0 Å². The third-order valence-electron chi connectivity index (χ3n) is 3.60. The van der Waals surface area contributed by atoms with Gasteiger partial charge in [-0.25, -0.2) is 0 Å². The van der Waals surface area contributed by atoms with E-state index in [0.29, 0.717) is 6.42 Å². The molecule has 0 saturated heterocycles. The zero-order valence-corrected chi connectivity index (χ0v) is 16.5. The Labute approximate surface area is 145 Å². The monoisotopic (exact) mass is 337 g/mol. The number of rotatable bonds is 10. The van der Waals surface area contributed by atoms with E-state index in [1.54, 1.807) is 0 Å². The van der Waals surface area contributed by atoms with Crippen molar-refractivity contribution in [3.8, 4) is 0 Å². The molecule has 0 aromatic carbocycles. The largest absolute Gasteiger partial charge is 0.772 e. The molecule has 0 rings (SSSR count). The van der Waals surface area contributed by atoms with Gasteiger partial charge in [0.1, 0.15) is 0 Å². The molecule has 0 N–H and O–H groups in total. The van der Waals surface area contributed by atoms with Gasteiger partial charge in [0.05, 0.1) is 0 Å². The van der Waals surface area contributed by atoms with Crippen LogP contribution in [0.25, 0.3) is 0 Å². The molecule has 0 fully saturated rings. The van der Waals surface area contributed by atoms with Gasteiger partial charge in [-0.2, -0.15) is 0 Å². The van der Waals surface area contributed by atoms with Crippen LogP contribution in [0.3, 0.4) is 0 Å². The zero-order chi connectivity index (χ0) is 17.8. The topological polar surface area (TPSA) is 40.1 Å². The third kappa shape index (κ3) is 13.2. The Morgan fingerprint density at radius 1 is 0.870 bits per heavy atom. The van der Waals surface area contributed by atoms with Crippen molar-refractivity contribution in [2.45, 2.75) is 78.9 Å². The molecule has 0 aliphatic rings. The van der Waals surface area contributed by atoms with Crippen LogP contribution < -0.4 is 0 Å². The van der Waals surface area contributed by atoms with Gasteiger partial charge in [0.2, 0.25) is 0 Å². The summed E-state index contributed by atoms with van der Waals surface area (Å²) >= 11 is -2.07. The van der Waals surface area contributed by atoms with Crippen LogP contribution >= 0.6 is 0 Å². The van der Waals surface area contributed by atoms with Crippen molar-refractivity contribution >= 4 is 11.1 Å². The minimum atomic E-state index is -2.07. The Morgan fingerprint density at radius 2 is 1.35 bits per heavy atom.